The van der Waals surface area contributed by atoms with E-state index in [4.69, 9.17) is 0 Å². The molecule has 0 radical (unpaired) electrons. The quantitative estimate of drug-likeness (QED) is 0.671. The van der Waals surface area contributed by atoms with Crippen molar-refractivity contribution in [2.45, 2.75) is 32.1 Å². The van der Waals surface area contributed by atoms with Crippen LogP contribution in [0, 0.1) is 17.8 Å². The molecule has 2 heteroatoms. The molecule has 0 unspecified atom stereocenters. The topological polar surface area (TPSA) is 20.3 Å². The Bertz CT molecular complexity index is 224. The van der Waals surface area contributed by atoms with Crippen molar-refractivity contribution in [3.63, 3.8) is 0 Å². The van der Waals surface area contributed by atoms with Crippen LogP contribution in [0.25, 0.3) is 0 Å². The van der Waals surface area contributed by atoms with Gasteiger partial charge < -0.3 is 4.90 Å². The lowest BCUT2D eigenvalue weighted by atomic mass is 9.74. The molecule has 80 valence electrons. The van der Waals surface area contributed by atoms with E-state index in [1.54, 1.807) is 0 Å². The molecule has 0 saturated heterocycles. The minimum Gasteiger partial charge on any atom is -0.309 e. The summed E-state index contributed by atoms with van der Waals surface area (Å²) >= 11 is 0. The number of rotatable bonds is 2. The molecule has 0 aliphatic heterocycles. The first-order valence-corrected chi connectivity index (χ1v) is 5.87. The summed E-state index contributed by atoms with van der Waals surface area (Å²) in [6.07, 6.45) is 6.21. The second kappa shape index (κ2) is 4.01. The normalized spacial score (nSPS) is 37.6. The van der Waals surface area contributed by atoms with Crippen LogP contribution in [0.5, 0.6) is 0 Å². The van der Waals surface area contributed by atoms with Gasteiger partial charge in [-0.1, -0.05) is 6.42 Å². The van der Waals surface area contributed by atoms with E-state index in [2.05, 4.69) is 19.0 Å². The van der Waals surface area contributed by atoms with Crippen LogP contribution in [0.4, 0.5) is 0 Å². The van der Waals surface area contributed by atoms with Crippen LogP contribution in [0.1, 0.15) is 32.1 Å². The van der Waals surface area contributed by atoms with Crippen molar-refractivity contribution < 1.29 is 4.79 Å². The average Bonchev–Trinajstić information content (AvgIpc) is 2.57. The van der Waals surface area contributed by atoms with Gasteiger partial charge in [-0.15, -0.1) is 0 Å². The molecule has 0 aromatic rings. The predicted octanol–water partition coefficient (Wildman–Crippen LogP) is 1.94. The standard InChI is InChI=1S/C12H21NO/c1-13(2)8-10-7-6-9-4-3-5-11(9)12(10)14/h9-11H,3-8H2,1-2H3/t9-,10-,11-/m0/s1. The smallest absolute Gasteiger partial charge is 0.140 e. The van der Waals surface area contributed by atoms with Crippen LogP contribution < -0.4 is 0 Å². The maximum absolute atomic E-state index is 12.1. The van der Waals surface area contributed by atoms with E-state index in [1.807, 2.05) is 0 Å². The van der Waals surface area contributed by atoms with Gasteiger partial charge in [0.05, 0.1) is 0 Å². The van der Waals surface area contributed by atoms with E-state index < -0.39 is 0 Å². The fraction of sp³-hybridized carbons (Fsp3) is 0.917. The first-order chi connectivity index (χ1) is 6.68. The van der Waals surface area contributed by atoms with E-state index in [9.17, 15) is 4.79 Å². The van der Waals surface area contributed by atoms with Crippen LogP contribution >= 0.6 is 0 Å². The van der Waals surface area contributed by atoms with Crippen molar-refractivity contribution in [3.05, 3.63) is 0 Å². The van der Waals surface area contributed by atoms with Crippen LogP contribution in [0.15, 0.2) is 0 Å². The zero-order valence-electron chi connectivity index (χ0n) is 9.33. The highest BCUT2D eigenvalue weighted by Crippen LogP contribution is 2.42. The molecule has 2 aliphatic carbocycles. The molecule has 2 saturated carbocycles. The number of nitrogens with zero attached hydrogens (tertiary/aromatic N) is 1. The van der Waals surface area contributed by atoms with Crippen LogP contribution in [-0.2, 0) is 4.79 Å². The molecule has 3 atom stereocenters. The first-order valence-electron chi connectivity index (χ1n) is 5.87. The summed E-state index contributed by atoms with van der Waals surface area (Å²) in [6.45, 7) is 0.960. The number of carbonyl (C=O) groups excluding carboxylic acids is 1. The third-order valence-electron chi connectivity index (χ3n) is 3.90. The van der Waals surface area contributed by atoms with Crippen molar-refractivity contribution >= 4 is 5.78 Å². The summed E-state index contributed by atoms with van der Waals surface area (Å²) in [7, 11) is 4.13. The molecule has 0 N–H and O–H groups in total. The summed E-state index contributed by atoms with van der Waals surface area (Å²) in [5.41, 5.74) is 0. The minimum absolute atomic E-state index is 0.337. The van der Waals surface area contributed by atoms with Crippen molar-refractivity contribution in [2.75, 3.05) is 20.6 Å². The molecule has 0 amide bonds. The number of hydrogen-bond acceptors (Lipinski definition) is 2. The Morgan fingerprint density at radius 3 is 2.71 bits per heavy atom. The van der Waals surface area contributed by atoms with E-state index in [0.717, 1.165) is 18.9 Å². The molecule has 2 rings (SSSR count). The first kappa shape index (κ1) is 10.2. The van der Waals surface area contributed by atoms with Gasteiger partial charge in [0.15, 0.2) is 0 Å². The van der Waals surface area contributed by atoms with Gasteiger partial charge in [0.1, 0.15) is 5.78 Å². The Kier molecular flexibility index (Phi) is 2.91. The van der Waals surface area contributed by atoms with Gasteiger partial charge in [-0.3, -0.25) is 4.79 Å². The highest BCUT2D eigenvalue weighted by Gasteiger charge is 2.40. The SMILES string of the molecule is CN(C)C[C@@H]1CC[C@@H]2CCC[C@@H]2C1=O. The van der Waals surface area contributed by atoms with Gasteiger partial charge in [0.25, 0.3) is 0 Å². The molecule has 0 heterocycles. The molecule has 0 spiro atoms. The number of fused-ring (bicyclic) bond motifs is 1. The van der Waals surface area contributed by atoms with Crippen molar-refractivity contribution in [1.82, 2.24) is 4.90 Å². The Morgan fingerprint density at radius 2 is 2.00 bits per heavy atom. The molecule has 2 aliphatic rings. The lowest BCUT2D eigenvalue weighted by Crippen LogP contribution is -2.37. The lowest BCUT2D eigenvalue weighted by molar-refractivity contribution is -0.131. The third-order valence-corrected chi connectivity index (χ3v) is 3.90. The highest BCUT2D eigenvalue weighted by atomic mass is 16.1. The number of carbonyl (C=O) groups is 1. The summed E-state index contributed by atoms with van der Waals surface area (Å²) < 4.78 is 0. The molecular formula is C12H21NO. The van der Waals surface area contributed by atoms with Crippen molar-refractivity contribution in [3.8, 4) is 0 Å². The number of hydrogen-bond donors (Lipinski definition) is 0. The molecule has 2 fully saturated rings. The van der Waals surface area contributed by atoms with Crippen LogP contribution in [0.2, 0.25) is 0 Å². The van der Waals surface area contributed by atoms with Gasteiger partial charge in [-0.2, -0.15) is 0 Å². The Morgan fingerprint density at radius 1 is 1.21 bits per heavy atom. The largest absolute Gasteiger partial charge is 0.309 e. The minimum atomic E-state index is 0.337. The third kappa shape index (κ3) is 1.85. The summed E-state index contributed by atoms with van der Waals surface area (Å²) in [6, 6.07) is 0. The summed E-state index contributed by atoms with van der Waals surface area (Å²) in [4.78, 5) is 14.3. The second-order valence-corrected chi connectivity index (χ2v) is 5.24. The monoisotopic (exact) mass is 195 g/mol. The predicted molar refractivity (Wildman–Crippen MR) is 57.1 cm³/mol. The molecule has 0 aromatic carbocycles. The molecule has 2 nitrogen and oxygen atoms in total. The van der Waals surface area contributed by atoms with Crippen molar-refractivity contribution in [1.29, 1.82) is 0 Å². The zero-order chi connectivity index (χ0) is 10.1. The molecule has 0 bridgehead atoms. The van der Waals surface area contributed by atoms with Gasteiger partial charge in [-0.25, -0.2) is 0 Å². The van der Waals surface area contributed by atoms with Crippen molar-refractivity contribution in [2.24, 2.45) is 17.8 Å². The molecule has 14 heavy (non-hydrogen) atoms. The number of Topliss-reactive ketones (excluding diaryl/α,β-unsaturated/α-hetero) is 1. The fourth-order valence-corrected chi connectivity index (χ4v) is 3.24. The molecule has 0 aromatic heterocycles. The fourth-order valence-electron chi connectivity index (χ4n) is 3.24. The van der Waals surface area contributed by atoms with E-state index in [0.29, 0.717) is 17.6 Å². The Hall–Kier alpha value is -0.370. The lowest BCUT2D eigenvalue weighted by Gasteiger charge is -2.31. The Labute approximate surface area is 86.7 Å². The molecular weight excluding hydrogens is 174 g/mol. The Balaban J connectivity index is 1.98. The zero-order valence-corrected chi connectivity index (χ0v) is 9.33. The maximum atomic E-state index is 12.1. The summed E-state index contributed by atoms with van der Waals surface area (Å²) in [5.74, 6) is 2.10. The van der Waals surface area contributed by atoms with Gasteiger partial charge >= 0.3 is 0 Å². The average molecular weight is 195 g/mol. The van der Waals surface area contributed by atoms with E-state index >= 15 is 0 Å². The van der Waals surface area contributed by atoms with Crippen LogP contribution in [0.3, 0.4) is 0 Å². The second-order valence-electron chi connectivity index (χ2n) is 5.24. The highest BCUT2D eigenvalue weighted by molar-refractivity contribution is 5.85. The van der Waals surface area contributed by atoms with E-state index in [1.165, 1.54) is 25.7 Å². The maximum Gasteiger partial charge on any atom is 0.140 e. The van der Waals surface area contributed by atoms with Crippen LogP contribution in [-0.4, -0.2) is 31.3 Å². The number of ketones is 1. The van der Waals surface area contributed by atoms with Gasteiger partial charge in [-0.05, 0) is 45.7 Å². The van der Waals surface area contributed by atoms with Gasteiger partial charge in [0.2, 0.25) is 0 Å². The van der Waals surface area contributed by atoms with Gasteiger partial charge in [0, 0.05) is 18.4 Å². The van der Waals surface area contributed by atoms with E-state index in [-0.39, 0.29) is 0 Å². The summed E-state index contributed by atoms with van der Waals surface area (Å²) in [5, 5.41) is 0.